The third-order valence-electron chi connectivity index (χ3n) is 2.57. The number of nitrogens with zero attached hydrogens (tertiary/aromatic N) is 2. The van der Waals surface area contributed by atoms with E-state index < -0.39 is 0 Å². The molecule has 0 saturated heterocycles. The molecule has 17 heavy (non-hydrogen) atoms. The molecule has 1 N–H and O–H groups in total. The van der Waals surface area contributed by atoms with Crippen molar-refractivity contribution in [1.29, 1.82) is 0 Å². The Balaban J connectivity index is 2.10. The van der Waals surface area contributed by atoms with Crippen molar-refractivity contribution in [2.45, 2.75) is 6.61 Å². The largest absolute Gasteiger partial charge is 0.377 e. The van der Waals surface area contributed by atoms with Gasteiger partial charge in [-0.3, -0.25) is 0 Å². The van der Waals surface area contributed by atoms with Crippen molar-refractivity contribution in [3.8, 4) is 11.5 Å². The molecule has 2 heterocycles. The first-order chi connectivity index (χ1) is 8.38. The first-order valence-electron chi connectivity index (χ1n) is 5.26. The maximum atomic E-state index is 5.23. The molecular weight excluding hydrogens is 218 g/mol. The Kier molecular flexibility index (Phi) is 2.38. The van der Waals surface area contributed by atoms with Crippen molar-refractivity contribution < 1.29 is 9.26 Å². The lowest BCUT2D eigenvalue weighted by atomic mass is 10.1. The molecule has 0 atom stereocenters. The van der Waals surface area contributed by atoms with Crippen LogP contribution in [0.2, 0.25) is 0 Å². The van der Waals surface area contributed by atoms with Crippen LogP contribution < -0.4 is 0 Å². The molecule has 0 bridgehead atoms. The van der Waals surface area contributed by atoms with Gasteiger partial charge in [0.2, 0.25) is 0 Å². The van der Waals surface area contributed by atoms with Crippen LogP contribution in [0.1, 0.15) is 5.82 Å². The van der Waals surface area contributed by atoms with E-state index in [1.54, 1.807) is 7.11 Å². The Morgan fingerprint density at radius 2 is 2.29 bits per heavy atom. The molecule has 0 radical (unpaired) electrons. The SMILES string of the molecule is COCc1noc(-c2cccc3[nH]ccc23)n1. The highest BCUT2D eigenvalue weighted by Crippen LogP contribution is 2.26. The van der Waals surface area contributed by atoms with Gasteiger partial charge in [0.05, 0.1) is 0 Å². The maximum Gasteiger partial charge on any atom is 0.258 e. The van der Waals surface area contributed by atoms with Gasteiger partial charge in [0.1, 0.15) is 6.61 Å². The summed E-state index contributed by atoms with van der Waals surface area (Å²) in [5, 5.41) is 4.92. The minimum Gasteiger partial charge on any atom is -0.377 e. The van der Waals surface area contributed by atoms with Crippen LogP contribution in [-0.4, -0.2) is 22.2 Å². The molecule has 3 aromatic rings. The number of fused-ring (bicyclic) bond motifs is 1. The van der Waals surface area contributed by atoms with Gasteiger partial charge in [-0.1, -0.05) is 11.2 Å². The lowest BCUT2D eigenvalue weighted by Crippen LogP contribution is -1.89. The number of aromatic nitrogens is 3. The zero-order valence-electron chi connectivity index (χ0n) is 9.30. The van der Waals surface area contributed by atoms with E-state index in [9.17, 15) is 0 Å². The smallest absolute Gasteiger partial charge is 0.258 e. The average molecular weight is 229 g/mol. The Morgan fingerprint density at radius 3 is 3.18 bits per heavy atom. The van der Waals surface area contributed by atoms with Crippen molar-refractivity contribution in [3.05, 3.63) is 36.3 Å². The highest BCUT2D eigenvalue weighted by Gasteiger charge is 2.11. The standard InChI is InChI=1S/C12H11N3O2/c1-16-7-11-14-12(17-15-11)9-3-2-4-10-8(9)5-6-13-10/h2-6,13H,7H2,1H3. The Labute approximate surface area is 97.4 Å². The Hall–Kier alpha value is -2.14. The number of rotatable bonds is 3. The van der Waals surface area contributed by atoms with Crippen molar-refractivity contribution in [2.24, 2.45) is 0 Å². The van der Waals surface area contributed by atoms with Crippen molar-refractivity contribution in [2.75, 3.05) is 7.11 Å². The van der Waals surface area contributed by atoms with E-state index in [1.807, 2.05) is 30.5 Å². The highest BCUT2D eigenvalue weighted by molar-refractivity contribution is 5.92. The second-order valence-electron chi connectivity index (χ2n) is 3.69. The normalized spacial score (nSPS) is 11.1. The molecule has 5 nitrogen and oxygen atoms in total. The highest BCUT2D eigenvalue weighted by atomic mass is 16.5. The van der Waals surface area contributed by atoms with Gasteiger partial charge in [0, 0.05) is 29.8 Å². The van der Waals surface area contributed by atoms with Crippen LogP contribution in [-0.2, 0) is 11.3 Å². The van der Waals surface area contributed by atoms with Crippen LogP contribution in [0.15, 0.2) is 35.0 Å². The lowest BCUT2D eigenvalue weighted by molar-refractivity contribution is 0.174. The molecule has 0 fully saturated rings. The van der Waals surface area contributed by atoms with E-state index in [-0.39, 0.29) is 0 Å². The van der Waals surface area contributed by atoms with Crippen molar-refractivity contribution in [1.82, 2.24) is 15.1 Å². The quantitative estimate of drug-likeness (QED) is 0.748. The Bertz CT molecular complexity index is 642. The zero-order chi connectivity index (χ0) is 11.7. The van der Waals surface area contributed by atoms with E-state index in [1.165, 1.54) is 0 Å². The first-order valence-corrected chi connectivity index (χ1v) is 5.26. The minimum atomic E-state index is 0.354. The summed E-state index contributed by atoms with van der Waals surface area (Å²) in [6.45, 7) is 0.354. The van der Waals surface area contributed by atoms with Gasteiger partial charge in [-0.2, -0.15) is 4.98 Å². The van der Waals surface area contributed by atoms with Gasteiger partial charge in [0.25, 0.3) is 5.89 Å². The van der Waals surface area contributed by atoms with Crippen LogP contribution in [0.5, 0.6) is 0 Å². The number of methoxy groups -OCH3 is 1. The number of hydrogen-bond donors (Lipinski definition) is 1. The van der Waals surface area contributed by atoms with Gasteiger partial charge in [-0.25, -0.2) is 0 Å². The predicted octanol–water partition coefficient (Wildman–Crippen LogP) is 2.36. The number of hydrogen-bond acceptors (Lipinski definition) is 4. The summed E-state index contributed by atoms with van der Waals surface area (Å²) >= 11 is 0. The van der Waals surface area contributed by atoms with E-state index >= 15 is 0 Å². The molecule has 0 aliphatic rings. The number of aromatic amines is 1. The maximum absolute atomic E-state index is 5.23. The van der Waals surface area contributed by atoms with Crippen LogP contribution in [0.4, 0.5) is 0 Å². The van der Waals surface area contributed by atoms with Crippen LogP contribution in [0.3, 0.4) is 0 Å². The summed E-state index contributed by atoms with van der Waals surface area (Å²) in [6.07, 6.45) is 1.89. The number of H-pyrrole nitrogens is 1. The molecule has 5 heteroatoms. The van der Waals surface area contributed by atoms with Gasteiger partial charge >= 0.3 is 0 Å². The lowest BCUT2D eigenvalue weighted by Gasteiger charge is -1.96. The van der Waals surface area contributed by atoms with E-state index in [0.717, 1.165) is 16.5 Å². The summed E-state index contributed by atoms with van der Waals surface area (Å²) in [7, 11) is 1.60. The van der Waals surface area contributed by atoms with Gasteiger partial charge < -0.3 is 14.2 Å². The number of ether oxygens (including phenoxy) is 1. The zero-order valence-corrected chi connectivity index (χ0v) is 9.30. The molecule has 86 valence electrons. The van der Waals surface area contributed by atoms with E-state index in [2.05, 4.69) is 15.1 Å². The second kappa shape index (κ2) is 4.03. The molecule has 0 spiro atoms. The topological polar surface area (TPSA) is 63.9 Å². The molecule has 0 aliphatic heterocycles. The van der Waals surface area contributed by atoms with Gasteiger partial charge in [0.15, 0.2) is 5.82 Å². The van der Waals surface area contributed by atoms with E-state index in [0.29, 0.717) is 18.3 Å². The average Bonchev–Trinajstić information content (AvgIpc) is 2.96. The number of benzene rings is 1. The summed E-state index contributed by atoms with van der Waals surface area (Å²) in [4.78, 5) is 7.43. The fourth-order valence-corrected chi connectivity index (χ4v) is 1.82. The summed E-state index contributed by atoms with van der Waals surface area (Å²) in [6, 6.07) is 7.91. The van der Waals surface area contributed by atoms with Gasteiger partial charge in [-0.15, -0.1) is 0 Å². The fourth-order valence-electron chi connectivity index (χ4n) is 1.82. The molecule has 0 saturated carbocycles. The third kappa shape index (κ3) is 1.70. The summed E-state index contributed by atoms with van der Waals surface area (Å²) < 4.78 is 10.2. The monoisotopic (exact) mass is 229 g/mol. The predicted molar refractivity (Wildman–Crippen MR) is 62.3 cm³/mol. The molecule has 3 rings (SSSR count). The summed E-state index contributed by atoms with van der Waals surface area (Å²) in [5.74, 6) is 1.07. The third-order valence-corrected chi connectivity index (χ3v) is 2.57. The molecule has 2 aromatic heterocycles. The van der Waals surface area contributed by atoms with Gasteiger partial charge in [-0.05, 0) is 18.2 Å². The van der Waals surface area contributed by atoms with Crippen molar-refractivity contribution in [3.63, 3.8) is 0 Å². The fraction of sp³-hybridized carbons (Fsp3) is 0.167. The minimum absolute atomic E-state index is 0.354. The van der Waals surface area contributed by atoms with Crippen LogP contribution in [0.25, 0.3) is 22.4 Å². The molecular formula is C12H11N3O2. The first kappa shape index (κ1) is 10.0. The second-order valence-corrected chi connectivity index (χ2v) is 3.69. The molecule has 0 aliphatic carbocycles. The molecule has 1 aromatic carbocycles. The summed E-state index contributed by atoms with van der Waals surface area (Å²) in [5.41, 5.74) is 1.98. The molecule has 0 amide bonds. The Morgan fingerprint density at radius 1 is 1.35 bits per heavy atom. The van der Waals surface area contributed by atoms with Crippen LogP contribution >= 0.6 is 0 Å². The van der Waals surface area contributed by atoms with Crippen LogP contribution in [0, 0.1) is 0 Å². The number of nitrogens with one attached hydrogen (secondary N) is 1. The molecule has 0 unspecified atom stereocenters. The van der Waals surface area contributed by atoms with Crippen molar-refractivity contribution >= 4 is 10.9 Å². The van der Waals surface area contributed by atoms with E-state index in [4.69, 9.17) is 9.26 Å².